The monoisotopic (exact) mass is 307 g/mol. The first-order valence-corrected chi connectivity index (χ1v) is 8.25. The van der Waals surface area contributed by atoms with Gasteiger partial charge in [0.1, 0.15) is 0 Å². The third-order valence-corrected chi connectivity index (χ3v) is 4.42. The summed E-state index contributed by atoms with van der Waals surface area (Å²) in [6, 6.07) is 0. The highest BCUT2D eigenvalue weighted by atomic mass is 16.5. The van der Waals surface area contributed by atoms with E-state index in [1.54, 1.807) is 4.68 Å². The Balaban J connectivity index is 1.57. The zero-order valence-corrected chi connectivity index (χ0v) is 13.2. The van der Waals surface area contributed by atoms with Gasteiger partial charge in [0.15, 0.2) is 5.82 Å². The van der Waals surface area contributed by atoms with E-state index in [2.05, 4.69) is 20.7 Å². The van der Waals surface area contributed by atoms with E-state index >= 15 is 0 Å². The molecule has 2 fully saturated rings. The Morgan fingerprint density at radius 2 is 2.18 bits per heavy atom. The first kappa shape index (κ1) is 15.4. The number of anilines is 1. The number of nitrogens with zero attached hydrogens (tertiary/aromatic N) is 3. The zero-order valence-electron chi connectivity index (χ0n) is 13.2. The quantitative estimate of drug-likeness (QED) is 0.873. The average Bonchev–Trinajstić information content (AvgIpc) is 2.90. The van der Waals surface area contributed by atoms with Gasteiger partial charge in [-0.2, -0.15) is 10.1 Å². The Morgan fingerprint density at radius 3 is 2.91 bits per heavy atom. The Hall–Kier alpha value is -1.47. The Kier molecular flexibility index (Phi) is 5.04. The number of carbonyl (C=O) groups excluding carboxylic acids is 1. The molecule has 0 radical (unpaired) electrons. The lowest BCUT2D eigenvalue weighted by Gasteiger charge is -2.21. The van der Waals surface area contributed by atoms with Crippen LogP contribution in [0, 0.1) is 0 Å². The highest BCUT2D eigenvalue weighted by Gasteiger charge is 2.22. The maximum Gasteiger partial charge on any atom is 0.229 e. The molecule has 7 nitrogen and oxygen atoms in total. The van der Waals surface area contributed by atoms with Crippen LogP contribution in [0.3, 0.4) is 0 Å². The van der Waals surface area contributed by atoms with Gasteiger partial charge in [0.25, 0.3) is 0 Å². The van der Waals surface area contributed by atoms with E-state index in [-0.39, 0.29) is 12.0 Å². The van der Waals surface area contributed by atoms with Gasteiger partial charge in [-0.1, -0.05) is 0 Å². The van der Waals surface area contributed by atoms with Gasteiger partial charge in [-0.3, -0.25) is 10.1 Å². The number of carbonyl (C=O) groups is 1. The van der Waals surface area contributed by atoms with Crippen molar-refractivity contribution in [3.63, 3.8) is 0 Å². The smallest absolute Gasteiger partial charge is 0.229 e. The molecule has 2 saturated heterocycles. The molecule has 0 aromatic carbocycles. The third-order valence-electron chi connectivity index (χ3n) is 4.42. The predicted molar refractivity (Wildman–Crippen MR) is 82.7 cm³/mol. The first-order valence-electron chi connectivity index (χ1n) is 8.25. The van der Waals surface area contributed by atoms with E-state index in [0.29, 0.717) is 18.3 Å². The van der Waals surface area contributed by atoms with Crippen LogP contribution < -0.4 is 10.6 Å². The van der Waals surface area contributed by atoms with Crippen molar-refractivity contribution < 1.29 is 9.53 Å². The molecule has 0 aliphatic carbocycles. The molecule has 3 heterocycles. The molecule has 0 saturated carbocycles. The van der Waals surface area contributed by atoms with Crippen LogP contribution in [0.4, 0.5) is 5.95 Å². The maximum absolute atomic E-state index is 12.1. The fourth-order valence-corrected chi connectivity index (χ4v) is 3.12. The molecule has 7 heteroatoms. The molecule has 2 aliphatic rings. The van der Waals surface area contributed by atoms with Gasteiger partial charge in [-0.15, -0.1) is 0 Å². The molecule has 1 amide bonds. The summed E-state index contributed by atoms with van der Waals surface area (Å²) in [6.07, 6.45) is 5.75. The van der Waals surface area contributed by atoms with Gasteiger partial charge in [0, 0.05) is 19.6 Å². The summed E-state index contributed by atoms with van der Waals surface area (Å²) in [4.78, 5) is 16.7. The number of aromatic nitrogens is 3. The van der Waals surface area contributed by atoms with Crippen molar-refractivity contribution in [1.82, 2.24) is 20.1 Å². The minimum atomic E-state index is -0.0424. The van der Waals surface area contributed by atoms with Gasteiger partial charge in [0.2, 0.25) is 11.9 Å². The van der Waals surface area contributed by atoms with Crippen LogP contribution in [-0.4, -0.2) is 46.5 Å². The number of rotatable bonds is 4. The lowest BCUT2D eigenvalue weighted by atomic mass is 9.98. The van der Waals surface area contributed by atoms with Crippen LogP contribution in [0.25, 0.3) is 0 Å². The van der Waals surface area contributed by atoms with E-state index in [4.69, 9.17) is 4.74 Å². The van der Waals surface area contributed by atoms with Crippen LogP contribution in [0.1, 0.15) is 50.3 Å². The van der Waals surface area contributed by atoms with Crippen molar-refractivity contribution in [2.24, 2.45) is 7.05 Å². The second-order valence-corrected chi connectivity index (χ2v) is 6.18. The van der Waals surface area contributed by atoms with E-state index in [1.807, 2.05) is 7.05 Å². The fourth-order valence-electron chi connectivity index (χ4n) is 3.12. The second-order valence-electron chi connectivity index (χ2n) is 6.18. The number of hydrogen-bond acceptors (Lipinski definition) is 5. The molecule has 1 aromatic heterocycles. The van der Waals surface area contributed by atoms with Crippen LogP contribution in [0.15, 0.2) is 0 Å². The Labute approximate surface area is 130 Å². The van der Waals surface area contributed by atoms with E-state index in [1.165, 1.54) is 0 Å². The van der Waals surface area contributed by atoms with Crippen molar-refractivity contribution in [2.45, 2.75) is 50.5 Å². The minimum Gasteiger partial charge on any atom is -0.378 e. The van der Waals surface area contributed by atoms with Crippen molar-refractivity contribution in [3.8, 4) is 0 Å². The van der Waals surface area contributed by atoms with E-state index < -0.39 is 0 Å². The number of ether oxygens (including phenoxy) is 1. The topological polar surface area (TPSA) is 81.1 Å². The summed E-state index contributed by atoms with van der Waals surface area (Å²) in [5, 5.41) is 10.7. The third kappa shape index (κ3) is 3.84. The number of nitrogens with one attached hydrogen (secondary N) is 2. The van der Waals surface area contributed by atoms with Crippen LogP contribution in [-0.2, 0) is 16.6 Å². The molecule has 1 aromatic rings. The van der Waals surface area contributed by atoms with Crippen molar-refractivity contribution in [1.29, 1.82) is 0 Å². The van der Waals surface area contributed by atoms with Gasteiger partial charge < -0.3 is 10.1 Å². The molecule has 0 spiro atoms. The van der Waals surface area contributed by atoms with Gasteiger partial charge in [0.05, 0.1) is 12.5 Å². The maximum atomic E-state index is 12.1. The number of hydrogen-bond donors (Lipinski definition) is 2. The Bertz CT molecular complexity index is 504. The van der Waals surface area contributed by atoms with Crippen LogP contribution >= 0.6 is 0 Å². The van der Waals surface area contributed by atoms with Crippen molar-refractivity contribution >= 4 is 11.9 Å². The molecule has 122 valence electrons. The SMILES string of the molecule is Cn1nc(C2CCNCC2)nc1NC(=O)CC1CCCCO1. The molecular weight excluding hydrogens is 282 g/mol. The molecule has 3 rings (SSSR count). The summed E-state index contributed by atoms with van der Waals surface area (Å²) in [5.41, 5.74) is 0. The summed E-state index contributed by atoms with van der Waals surface area (Å²) in [7, 11) is 1.82. The number of piperidine rings is 1. The fraction of sp³-hybridized carbons (Fsp3) is 0.800. The highest BCUT2D eigenvalue weighted by Crippen LogP contribution is 2.23. The normalized spacial score (nSPS) is 23.4. The highest BCUT2D eigenvalue weighted by molar-refractivity contribution is 5.89. The lowest BCUT2D eigenvalue weighted by Crippen LogP contribution is -2.27. The molecule has 2 aliphatic heterocycles. The van der Waals surface area contributed by atoms with Gasteiger partial charge >= 0.3 is 0 Å². The zero-order chi connectivity index (χ0) is 15.4. The predicted octanol–water partition coefficient (Wildman–Crippen LogP) is 1.18. The summed E-state index contributed by atoms with van der Waals surface area (Å²) in [5.74, 6) is 1.72. The van der Waals surface area contributed by atoms with Crippen molar-refractivity contribution in [3.05, 3.63) is 5.82 Å². The Morgan fingerprint density at radius 1 is 1.36 bits per heavy atom. The van der Waals surface area contributed by atoms with E-state index in [9.17, 15) is 4.79 Å². The molecular formula is C15H25N5O2. The van der Waals surface area contributed by atoms with E-state index in [0.717, 1.165) is 57.6 Å². The standard InChI is InChI=1S/C15H25N5O2/c1-20-15(17-13(21)10-12-4-2-3-9-22-12)18-14(19-20)11-5-7-16-8-6-11/h11-12,16H,2-10H2,1H3,(H,17,18,19,21). The lowest BCUT2D eigenvalue weighted by molar-refractivity contribution is -0.119. The van der Waals surface area contributed by atoms with Crippen LogP contribution in [0.5, 0.6) is 0 Å². The summed E-state index contributed by atoms with van der Waals surface area (Å²) >= 11 is 0. The van der Waals surface area contributed by atoms with Gasteiger partial charge in [-0.25, -0.2) is 4.68 Å². The van der Waals surface area contributed by atoms with Gasteiger partial charge in [-0.05, 0) is 45.2 Å². The minimum absolute atomic E-state index is 0.0424. The summed E-state index contributed by atoms with van der Waals surface area (Å²) < 4.78 is 7.27. The number of aryl methyl sites for hydroxylation is 1. The second kappa shape index (κ2) is 7.19. The van der Waals surface area contributed by atoms with Crippen molar-refractivity contribution in [2.75, 3.05) is 25.0 Å². The molecule has 0 bridgehead atoms. The molecule has 1 atom stereocenters. The largest absolute Gasteiger partial charge is 0.378 e. The average molecular weight is 307 g/mol. The number of amides is 1. The molecule has 22 heavy (non-hydrogen) atoms. The molecule has 2 N–H and O–H groups in total. The molecule has 1 unspecified atom stereocenters. The van der Waals surface area contributed by atoms with Crippen LogP contribution in [0.2, 0.25) is 0 Å². The first-order chi connectivity index (χ1) is 10.7. The summed E-state index contributed by atoms with van der Waals surface area (Å²) in [6.45, 7) is 2.77.